The number of piperidine rings is 1. The third kappa shape index (κ3) is 3.83. The van der Waals surface area contributed by atoms with Crippen molar-refractivity contribution in [3.8, 4) is 5.75 Å². The Labute approximate surface area is 168 Å². The molecule has 154 valence electrons. The molecule has 1 saturated heterocycles. The normalized spacial score (nSPS) is 16.2. The van der Waals surface area contributed by atoms with Crippen LogP contribution in [0, 0.1) is 20.8 Å². The second-order valence-electron chi connectivity index (χ2n) is 8.01. The molecule has 5 nitrogen and oxygen atoms in total. The Balaban J connectivity index is 1.48. The number of hydrogen-bond acceptors (Lipinski definition) is 5. The van der Waals surface area contributed by atoms with Gasteiger partial charge in [-0.25, -0.2) is 13.8 Å². The average molecular weight is 401 g/mol. The van der Waals surface area contributed by atoms with Gasteiger partial charge in [-0.05, 0) is 69.5 Å². The molecular formula is C22H25F2N3O2. The van der Waals surface area contributed by atoms with E-state index < -0.39 is 6.43 Å². The monoisotopic (exact) mass is 401 g/mol. The van der Waals surface area contributed by atoms with Crippen LogP contribution in [0.1, 0.15) is 58.8 Å². The molecule has 1 aromatic carbocycles. The average Bonchev–Trinajstić information content (AvgIpc) is 3.07. The lowest BCUT2D eigenvalue weighted by Crippen LogP contribution is -2.32. The smallest absolute Gasteiger partial charge is 0.264 e. The fraction of sp³-hybridized carbons (Fsp3) is 0.455. The zero-order valence-corrected chi connectivity index (χ0v) is 16.9. The number of nitrogens with zero attached hydrogens (tertiary/aromatic N) is 3. The molecule has 0 saturated carbocycles. The maximum atomic E-state index is 13.6. The van der Waals surface area contributed by atoms with Crippen LogP contribution < -0.4 is 0 Å². The van der Waals surface area contributed by atoms with Gasteiger partial charge >= 0.3 is 0 Å². The summed E-state index contributed by atoms with van der Waals surface area (Å²) in [5.74, 6) is 0.480. The van der Waals surface area contributed by atoms with E-state index in [9.17, 15) is 13.9 Å². The Morgan fingerprint density at radius 1 is 1.14 bits per heavy atom. The van der Waals surface area contributed by atoms with Gasteiger partial charge in [-0.15, -0.1) is 0 Å². The van der Waals surface area contributed by atoms with E-state index in [1.54, 1.807) is 6.92 Å². The lowest BCUT2D eigenvalue weighted by atomic mass is 9.91. The summed E-state index contributed by atoms with van der Waals surface area (Å²) in [6, 6.07) is 5.57. The number of phenols is 1. The molecule has 0 bridgehead atoms. The first-order valence-corrected chi connectivity index (χ1v) is 9.90. The fourth-order valence-corrected chi connectivity index (χ4v) is 4.31. The molecule has 0 amide bonds. The molecular weight excluding hydrogens is 376 g/mol. The number of hydrogen-bond donors (Lipinski definition) is 1. The van der Waals surface area contributed by atoms with Crippen LogP contribution >= 0.6 is 0 Å². The van der Waals surface area contributed by atoms with Gasteiger partial charge in [0.25, 0.3) is 12.1 Å². The van der Waals surface area contributed by atoms with E-state index in [1.165, 1.54) is 11.6 Å². The van der Waals surface area contributed by atoms with Gasteiger partial charge < -0.3 is 9.63 Å². The van der Waals surface area contributed by atoms with Gasteiger partial charge in [0.2, 0.25) is 0 Å². The quantitative estimate of drug-likeness (QED) is 0.653. The largest absolute Gasteiger partial charge is 0.507 e. The van der Waals surface area contributed by atoms with Gasteiger partial charge in [-0.2, -0.15) is 0 Å². The van der Waals surface area contributed by atoms with Gasteiger partial charge in [0, 0.05) is 23.7 Å². The highest BCUT2D eigenvalue weighted by molar-refractivity contribution is 5.80. The molecule has 29 heavy (non-hydrogen) atoms. The number of rotatable bonds is 4. The van der Waals surface area contributed by atoms with Crippen molar-refractivity contribution in [3.05, 3.63) is 51.8 Å². The summed E-state index contributed by atoms with van der Waals surface area (Å²) in [4.78, 5) is 6.85. The standard InChI is InChI=1S/C22H25F2N3O2/c1-12-8-15(9-13(2)20(12)28)11-27-6-4-16(5-7-27)18-10-17(21(23)24)19-14(3)26-29-22(19)25-18/h8-10,16,21,28H,4-7,11H2,1-3H3. The Kier molecular flexibility index (Phi) is 5.25. The fourth-order valence-electron chi connectivity index (χ4n) is 4.31. The zero-order chi connectivity index (χ0) is 20.7. The van der Waals surface area contributed by atoms with E-state index in [-0.39, 0.29) is 17.2 Å². The lowest BCUT2D eigenvalue weighted by Gasteiger charge is -2.32. The SMILES string of the molecule is Cc1cc(CN2CCC(c3cc(C(F)F)c4c(C)noc4n3)CC2)cc(C)c1O. The molecule has 1 N–H and O–H groups in total. The van der Waals surface area contributed by atoms with Crippen LogP contribution in [0.4, 0.5) is 8.78 Å². The minimum atomic E-state index is -2.58. The third-order valence-electron chi connectivity index (χ3n) is 5.87. The Bertz CT molecular complexity index is 1020. The van der Waals surface area contributed by atoms with E-state index in [1.807, 2.05) is 26.0 Å². The molecule has 1 aliphatic rings. The predicted octanol–water partition coefficient (Wildman–Crippen LogP) is 5.17. The summed E-state index contributed by atoms with van der Waals surface area (Å²) in [5, 5.41) is 14.1. The molecule has 1 aliphatic heterocycles. The summed E-state index contributed by atoms with van der Waals surface area (Å²) >= 11 is 0. The summed E-state index contributed by atoms with van der Waals surface area (Å²) in [6.07, 6.45) is -0.882. The van der Waals surface area contributed by atoms with Crippen LogP contribution in [-0.4, -0.2) is 33.2 Å². The molecule has 0 atom stereocenters. The number of alkyl halides is 2. The van der Waals surface area contributed by atoms with Gasteiger partial charge in [0.15, 0.2) is 0 Å². The van der Waals surface area contributed by atoms with Gasteiger partial charge in [-0.3, -0.25) is 4.90 Å². The highest BCUT2D eigenvalue weighted by Crippen LogP contribution is 2.35. The number of halogens is 2. The zero-order valence-electron chi connectivity index (χ0n) is 16.9. The van der Waals surface area contributed by atoms with E-state index in [2.05, 4.69) is 15.0 Å². The molecule has 3 heterocycles. The number of aryl methyl sites for hydroxylation is 3. The van der Waals surface area contributed by atoms with Crippen LogP contribution in [0.3, 0.4) is 0 Å². The summed E-state index contributed by atoms with van der Waals surface area (Å²) in [6.45, 7) is 8.01. The summed E-state index contributed by atoms with van der Waals surface area (Å²) in [5.41, 5.74) is 4.22. The minimum Gasteiger partial charge on any atom is -0.507 e. The number of phenolic OH excluding ortho intramolecular Hbond substituents is 1. The summed E-state index contributed by atoms with van der Waals surface area (Å²) < 4.78 is 32.3. The van der Waals surface area contributed by atoms with E-state index >= 15 is 0 Å². The summed E-state index contributed by atoms with van der Waals surface area (Å²) in [7, 11) is 0. The molecule has 2 aromatic heterocycles. The van der Waals surface area contributed by atoms with Gasteiger partial charge in [-0.1, -0.05) is 17.3 Å². The molecule has 0 unspecified atom stereocenters. The molecule has 0 radical (unpaired) electrons. The Morgan fingerprint density at radius 2 is 1.79 bits per heavy atom. The number of benzene rings is 1. The first-order chi connectivity index (χ1) is 13.8. The second-order valence-corrected chi connectivity index (χ2v) is 8.01. The van der Waals surface area contributed by atoms with Crippen molar-refractivity contribution in [2.24, 2.45) is 0 Å². The number of likely N-dealkylation sites (tertiary alicyclic amines) is 1. The third-order valence-corrected chi connectivity index (χ3v) is 5.87. The van der Waals surface area contributed by atoms with Crippen molar-refractivity contribution in [3.63, 3.8) is 0 Å². The van der Waals surface area contributed by atoms with Crippen molar-refractivity contribution in [1.82, 2.24) is 15.0 Å². The molecule has 0 aliphatic carbocycles. The molecule has 3 aromatic rings. The van der Waals surface area contributed by atoms with Crippen molar-refractivity contribution < 1.29 is 18.4 Å². The number of aromatic nitrogens is 2. The van der Waals surface area contributed by atoms with E-state index in [0.717, 1.165) is 43.6 Å². The van der Waals surface area contributed by atoms with Crippen molar-refractivity contribution >= 4 is 11.1 Å². The maximum absolute atomic E-state index is 13.6. The first kappa shape index (κ1) is 19.8. The lowest BCUT2D eigenvalue weighted by molar-refractivity contribution is 0.152. The molecule has 4 rings (SSSR count). The highest BCUT2D eigenvalue weighted by atomic mass is 19.3. The van der Waals surface area contributed by atoms with Crippen molar-refractivity contribution in [1.29, 1.82) is 0 Å². The highest BCUT2D eigenvalue weighted by Gasteiger charge is 2.26. The van der Waals surface area contributed by atoms with Crippen LogP contribution in [0.5, 0.6) is 5.75 Å². The van der Waals surface area contributed by atoms with Gasteiger partial charge in [0.1, 0.15) is 5.75 Å². The molecule has 0 spiro atoms. The maximum Gasteiger partial charge on any atom is 0.264 e. The Hall–Kier alpha value is -2.54. The number of fused-ring (bicyclic) bond motifs is 1. The van der Waals surface area contributed by atoms with Gasteiger partial charge in [0.05, 0.1) is 11.1 Å². The van der Waals surface area contributed by atoms with Crippen LogP contribution in [0.2, 0.25) is 0 Å². The van der Waals surface area contributed by atoms with Crippen molar-refractivity contribution in [2.75, 3.05) is 13.1 Å². The van der Waals surface area contributed by atoms with Crippen LogP contribution in [-0.2, 0) is 6.54 Å². The number of pyridine rings is 1. The van der Waals surface area contributed by atoms with Crippen LogP contribution in [0.25, 0.3) is 11.1 Å². The number of aromatic hydroxyl groups is 1. The molecule has 7 heteroatoms. The molecule has 1 fully saturated rings. The topological polar surface area (TPSA) is 62.4 Å². The van der Waals surface area contributed by atoms with E-state index in [0.29, 0.717) is 22.5 Å². The van der Waals surface area contributed by atoms with Crippen LogP contribution in [0.15, 0.2) is 22.7 Å². The predicted molar refractivity (Wildman–Crippen MR) is 106 cm³/mol. The van der Waals surface area contributed by atoms with E-state index in [4.69, 9.17) is 4.52 Å². The minimum absolute atomic E-state index is 0.0405. The van der Waals surface area contributed by atoms with Crippen molar-refractivity contribution in [2.45, 2.75) is 52.5 Å². The second kappa shape index (κ2) is 7.71. The Morgan fingerprint density at radius 3 is 2.41 bits per heavy atom. The first-order valence-electron chi connectivity index (χ1n) is 9.90.